The molecule has 0 aliphatic rings. The van der Waals surface area contributed by atoms with Crippen molar-refractivity contribution in [2.45, 2.75) is 17.9 Å². The predicted molar refractivity (Wildman–Crippen MR) is 99.5 cm³/mol. The zero-order valence-electron chi connectivity index (χ0n) is 13.1. The van der Waals surface area contributed by atoms with Gasteiger partial charge in [-0.2, -0.15) is 0 Å². The van der Waals surface area contributed by atoms with Gasteiger partial charge in [0.05, 0.1) is 20.5 Å². The summed E-state index contributed by atoms with van der Waals surface area (Å²) >= 11 is 17.4. The van der Waals surface area contributed by atoms with Crippen LogP contribution in [0.5, 0.6) is 0 Å². The molecule has 1 unspecified atom stereocenters. The van der Waals surface area contributed by atoms with Gasteiger partial charge < -0.3 is 0 Å². The summed E-state index contributed by atoms with van der Waals surface area (Å²) in [6.45, 7) is 1.27. The third-order valence-electron chi connectivity index (χ3n) is 3.41. The van der Waals surface area contributed by atoms with Crippen LogP contribution in [0.15, 0.2) is 47.4 Å². The lowest BCUT2D eigenvalue weighted by Crippen LogP contribution is -2.42. The van der Waals surface area contributed by atoms with Crippen molar-refractivity contribution in [1.82, 2.24) is 0 Å². The molecule has 2 aromatic rings. The molecular formula is C15H11Cl3N2O5S. The van der Waals surface area contributed by atoms with Crippen molar-refractivity contribution in [2.75, 3.05) is 4.31 Å². The van der Waals surface area contributed by atoms with Crippen LogP contribution in [0.3, 0.4) is 0 Å². The Morgan fingerprint density at radius 3 is 2.38 bits per heavy atom. The number of carbonyl (C=O) groups excluding carboxylic acids is 1. The summed E-state index contributed by atoms with van der Waals surface area (Å²) in [5.74, 6) is 0. The molecule has 2 rings (SSSR count). The number of halogens is 3. The molecule has 0 aliphatic carbocycles. The molecule has 0 fully saturated rings. The quantitative estimate of drug-likeness (QED) is 0.382. The first-order valence-corrected chi connectivity index (χ1v) is 9.56. The van der Waals surface area contributed by atoms with Crippen LogP contribution in [0.25, 0.3) is 0 Å². The number of sulfonamides is 1. The molecule has 2 aromatic carbocycles. The number of rotatable bonds is 6. The fourth-order valence-corrected chi connectivity index (χ4v) is 4.55. The second-order valence-electron chi connectivity index (χ2n) is 5.13. The number of nitro groups is 1. The number of hydrogen-bond acceptors (Lipinski definition) is 5. The van der Waals surface area contributed by atoms with E-state index in [1.54, 1.807) is 0 Å². The molecule has 1 atom stereocenters. The van der Waals surface area contributed by atoms with Crippen molar-refractivity contribution in [3.63, 3.8) is 0 Å². The van der Waals surface area contributed by atoms with E-state index < -0.39 is 31.9 Å². The van der Waals surface area contributed by atoms with Crippen LogP contribution in [0.2, 0.25) is 10.0 Å². The van der Waals surface area contributed by atoms with Gasteiger partial charge in [0.15, 0.2) is 0 Å². The molecule has 26 heavy (non-hydrogen) atoms. The van der Waals surface area contributed by atoms with Gasteiger partial charge in [-0.25, -0.2) is 8.42 Å². The summed E-state index contributed by atoms with van der Waals surface area (Å²) in [4.78, 5) is 21.5. The Bertz CT molecular complexity index is 981. The van der Waals surface area contributed by atoms with Crippen molar-refractivity contribution in [2.24, 2.45) is 0 Å². The molecule has 0 aromatic heterocycles. The molecule has 0 bridgehead atoms. The van der Waals surface area contributed by atoms with Gasteiger partial charge in [-0.05, 0) is 42.8 Å². The molecule has 11 heteroatoms. The molecule has 138 valence electrons. The van der Waals surface area contributed by atoms with E-state index in [0.717, 1.165) is 12.1 Å². The van der Waals surface area contributed by atoms with Gasteiger partial charge >= 0.3 is 0 Å². The van der Waals surface area contributed by atoms with E-state index >= 15 is 0 Å². The average Bonchev–Trinajstić information content (AvgIpc) is 2.56. The smallest absolute Gasteiger partial charge is 0.270 e. The molecule has 0 N–H and O–H groups in total. The van der Waals surface area contributed by atoms with Gasteiger partial charge in [0.1, 0.15) is 6.04 Å². The molecule has 0 heterocycles. The van der Waals surface area contributed by atoms with Gasteiger partial charge in [0.25, 0.3) is 15.7 Å². The number of hydrogen-bond donors (Lipinski definition) is 0. The van der Waals surface area contributed by atoms with Crippen molar-refractivity contribution >= 4 is 61.4 Å². The summed E-state index contributed by atoms with van der Waals surface area (Å²) in [5, 5.41) is 10.2. The second kappa shape index (κ2) is 7.79. The summed E-state index contributed by atoms with van der Waals surface area (Å²) in [5.41, 5.74) is -0.456. The molecule has 0 aliphatic heterocycles. The van der Waals surface area contributed by atoms with Gasteiger partial charge in [0.2, 0.25) is 5.24 Å². The first-order chi connectivity index (χ1) is 12.1. The van der Waals surface area contributed by atoms with Gasteiger partial charge in [0, 0.05) is 17.2 Å². The Balaban J connectivity index is 2.70. The lowest BCUT2D eigenvalue weighted by atomic mass is 10.3. The zero-order chi connectivity index (χ0) is 19.6. The largest absolute Gasteiger partial charge is 0.279 e. The fraction of sp³-hybridized carbons (Fsp3) is 0.133. The topological polar surface area (TPSA) is 97.6 Å². The van der Waals surface area contributed by atoms with Crippen molar-refractivity contribution in [3.8, 4) is 0 Å². The van der Waals surface area contributed by atoms with E-state index in [1.807, 2.05) is 0 Å². The van der Waals surface area contributed by atoms with E-state index in [9.17, 15) is 23.3 Å². The van der Waals surface area contributed by atoms with Crippen LogP contribution in [0, 0.1) is 10.1 Å². The minimum absolute atomic E-state index is 0.0312. The highest BCUT2D eigenvalue weighted by Gasteiger charge is 2.34. The van der Waals surface area contributed by atoms with Crippen LogP contribution in [0.4, 0.5) is 11.4 Å². The fourth-order valence-electron chi connectivity index (χ4n) is 2.17. The average molecular weight is 438 g/mol. The lowest BCUT2D eigenvalue weighted by Gasteiger charge is -2.29. The standard InChI is InChI=1S/C15H11Cl3N2O5S/c1-9(15(18)21)19(14-6-5-10(16)7-13(14)17)26(24,25)12-4-2-3-11(8-12)20(22)23/h2-9H,1H3. The van der Waals surface area contributed by atoms with E-state index in [4.69, 9.17) is 34.8 Å². The third kappa shape index (κ3) is 4.09. The van der Waals surface area contributed by atoms with Gasteiger partial charge in [-0.1, -0.05) is 29.3 Å². The van der Waals surface area contributed by atoms with Crippen LogP contribution in [-0.2, 0) is 14.8 Å². The number of anilines is 1. The zero-order valence-corrected chi connectivity index (χ0v) is 16.2. The Morgan fingerprint density at radius 2 is 1.85 bits per heavy atom. The van der Waals surface area contributed by atoms with Gasteiger partial charge in [-0.3, -0.25) is 19.2 Å². The second-order valence-corrected chi connectivity index (χ2v) is 8.16. The van der Waals surface area contributed by atoms with Gasteiger partial charge in [-0.15, -0.1) is 0 Å². The summed E-state index contributed by atoms with van der Waals surface area (Å²) in [7, 11) is -4.39. The Hall–Kier alpha value is -1.87. The molecule has 7 nitrogen and oxygen atoms in total. The van der Waals surface area contributed by atoms with E-state index in [1.165, 1.54) is 37.3 Å². The van der Waals surface area contributed by atoms with E-state index in [2.05, 4.69) is 0 Å². The molecule has 0 radical (unpaired) electrons. The maximum absolute atomic E-state index is 13.1. The van der Waals surface area contributed by atoms with Crippen LogP contribution in [-0.4, -0.2) is 24.6 Å². The van der Waals surface area contributed by atoms with Crippen molar-refractivity contribution < 1.29 is 18.1 Å². The SMILES string of the molecule is CC(C(=O)Cl)N(c1ccc(Cl)cc1Cl)S(=O)(=O)c1cccc([N+](=O)[O-])c1. The Kier molecular flexibility index (Phi) is 6.13. The number of non-ortho nitro benzene ring substituents is 1. The summed E-state index contributed by atoms with van der Waals surface area (Å²) in [6.07, 6.45) is 0. The first kappa shape index (κ1) is 20.4. The number of nitrogens with zero attached hydrogens (tertiary/aromatic N) is 2. The van der Waals surface area contributed by atoms with E-state index in [-0.39, 0.29) is 20.6 Å². The van der Waals surface area contributed by atoms with Crippen LogP contribution < -0.4 is 4.31 Å². The number of benzene rings is 2. The minimum atomic E-state index is -4.39. The van der Waals surface area contributed by atoms with Crippen molar-refractivity contribution in [3.05, 3.63) is 62.6 Å². The minimum Gasteiger partial charge on any atom is -0.279 e. The lowest BCUT2D eigenvalue weighted by molar-refractivity contribution is -0.385. The predicted octanol–water partition coefficient (Wildman–Crippen LogP) is 4.25. The third-order valence-corrected chi connectivity index (χ3v) is 6.15. The highest BCUT2D eigenvalue weighted by Crippen LogP contribution is 2.35. The molecule has 0 saturated heterocycles. The molecule has 0 saturated carbocycles. The Morgan fingerprint density at radius 1 is 1.19 bits per heavy atom. The molecule has 0 amide bonds. The summed E-state index contributed by atoms with van der Waals surface area (Å²) in [6, 6.07) is 7.12. The monoisotopic (exact) mass is 436 g/mol. The number of nitro benzene ring substituents is 1. The Labute approximate surface area is 164 Å². The number of carbonyl (C=O) groups is 1. The molecule has 0 spiro atoms. The van der Waals surface area contributed by atoms with Crippen LogP contribution in [0.1, 0.15) is 6.92 Å². The maximum atomic E-state index is 13.1. The molecular weight excluding hydrogens is 427 g/mol. The van der Waals surface area contributed by atoms with Crippen LogP contribution >= 0.6 is 34.8 Å². The maximum Gasteiger partial charge on any atom is 0.270 e. The normalized spacial score (nSPS) is 12.5. The highest BCUT2D eigenvalue weighted by atomic mass is 35.5. The van der Waals surface area contributed by atoms with Crippen molar-refractivity contribution in [1.29, 1.82) is 0 Å². The highest BCUT2D eigenvalue weighted by molar-refractivity contribution is 7.93. The summed E-state index contributed by atoms with van der Waals surface area (Å²) < 4.78 is 26.9. The first-order valence-electron chi connectivity index (χ1n) is 6.99. The van der Waals surface area contributed by atoms with E-state index in [0.29, 0.717) is 4.31 Å².